The standard InChI is InChI=1S/C16H34/c1-8-9-16(15(7)13(4)5)11-10-14(6)12(2)3/h12-16H,8-11H2,1-7H3. The summed E-state index contributed by atoms with van der Waals surface area (Å²) in [7, 11) is 0. The molecule has 0 aromatic carbocycles. The lowest BCUT2D eigenvalue weighted by Gasteiger charge is -2.28. The lowest BCUT2D eigenvalue weighted by Crippen LogP contribution is -2.18. The third kappa shape index (κ3) is 5.92. The zero-order chi connectivity index (χ0) is 12.7. The molecule has 3 atom stereocenters. The van der Waals surface area contributed by atoms with Gasteiger partial charge in [0.1, 0.15) is 0 Å². The fourth-order valence-electron chi connectivity index (χ4n) is 2.40. The van der Waals surface area contributed by atoms with E-state index in [1.165, 1.54) is 25.7 Å². The zero-order valence-electron chi connectivity index (χ0n) is 12.7. The second-order valence-corrected chi connectivity index (χ2v) is 6.45. The Morgan fingerprint density at radius 2 is 1.25 bits per heavy atom. The average Bonchev–Trinajstić information content (AvgIpc) is 2.22. The van der Waals surface area contributed by atoms with Gasteiger partial charge < -0.3 is 0 Å². The zero-order valence-corrected chi connectivity index (χ0v) is 12.7. The lowest BCUT2D eigenvalue weighted by molar-refractivity contribution is 0.223. The predicted molar refractivity (Wildman–Crippen MR) is 75.6 cm³/mol. The molecule has 0 spiro atoms. The Kier molecular flexibility index (Phi) is 8.14. The Hall–Kier alpha value is 0. The molecule has 0 rings (SSSR count). The van der Waals surface area contributed by atoms with E-state index in [1.807, 2.05) is 0 Å². The molecule has 0 nitrogen and oxygen atoms in total. The van der Waals surface area contributed by atoms with Gasteiger partial charge in [-0.25, -0.2) is 0 Å². The summed E-state index contributed by atoms with van der Waals surface area (Å²) in [6.07, 6.45) is 5.62. The van der Waals surface area contributed by atoms with Crippen molar-refractivity contribution in [1.82, 2.24) is 0 Å². The van der Waals surface area contributed by atoms with E-state index in [4.69, 9.17) is 0 Å². The molecule has 0 aliphatic rings. The first-order valence-corrected chi connectivity index (χ1v) is 7.40. The highest BCUT2D eigenvalue weighted by Gasteiger charge is 2.20. The van der Waals surface area contributed by atoms with Crippen LogP contribution in [-0.2, 0) is 0 Å². The summed E-state index contributed by atoms with van der Waals surface area (Å²) in [5.41, 5.74) is 0. The van der Waals surface area contributed by atoms with E-state index in [0.717, 1.165) is 29.6 Å². The van der Waals surface area contributed by atoms with Crippen molar-refractivity contribution >= 4 is 0 Å². The first kappa shape index (κ1) is 16.0. The van der Waals surface area contributed by atoms with Crippen molar-refractivity contribution in [3.63, 3.8) is 0 Å². The van der Waals surface area contributed by atoms with E-state index in [0.29, 0.717) is 0 Å². The molecule has 0 N–H and O–H groups in total. The summed E-state index contributed by atoms with van der Waals surface area (Å²) in [6.45, 7) is 16.6. The van der Waals surface area contributed by atoms with E-state index in [2.05, 4.69) is 48.5 Å². The molecule has 0 aliphatic carbocycles. The minimum absolute atomic E-state index is 0.839. The quantitative estimate of drug-likeness (QED) is 0.493. The molecule has 0 radical (unpaired) electrons. The maximum atomic E-state index is 2.45. The van der Waals surface area contributed by atoms with Crippen LogP contribution in [0, 0.1) is 29.6 Å². The van der Waals surface area contributed by atoms with Crippen LogP contribution >= 0.6 is 0 Å². The second kappa shape index (κ2) is 8.14. The van der Waals surface area contributed by atoms with Gasteiger partial charge in [0, 0.05) is 0 Å². The van der Waals surface area contributed by atoms with Crippen LogP contribution in [0.25, 0.3) is 0 Å². The monoisotopic (exact) mass is 226 g/mol. The molecule has 0 aliphatic heterocycles. The van der Waals surface area contributed by atoms with E-state index in [1.54, 1.807) is 0 Å². The molecule has 0 heteroatoms. The average molecular weight is 226 g/mol. The van der Waals surface area contributed by atoms with Crippen molar-refractivity contribution in [2.45, 2.75) is 74.1 Å². The number of rotatable bonds is 8. The minimum atomic E-state index is 0.839. The van der Waals surface area contributed by atoms with Crippen LogP contribution < -0.4 is 0 Å². The summed E-state index contributed by atoms with van der Waals surface area (Å²) >= 11 is 0. The van der Waals surface area contributed by atoms with Gasteiger partial charge in [0.15, 0.2) is 0 Å². The molecule has 0 amide bonds. The van der Waals surface area contributed by atoms with E-state index < -0.39 is 0 Å². The van der Waals surface area contributed by atoms with Gasteiger partial charge in [-0.15, -0.1) is 0 Å². The molecule has 98 valence electrons. The molecule has 0 aromatic heterocycles. The fourth-order valence-corrected chi connectivity index (χ4v) is 2.40. The molecule has 16 heavy (non-hydrogen) atoms. The molecule has 0 bridgehead atoms. The predicted octanol–water partition coefficient (Wildman–Crippen LogP) is 5.77. The summed E-state index contributed by atoms with van der Waals surface area (Å²) < 4.78 is 0. The van der Waals surface area contributed by atoms with E-state index >= 15 is 0 Å². The van der Waals surface area contributed by atoms with Crippen molar-refractivity contribution in [2.24, 2.45) is 29.6 Å². The Morgan fingerprint density at radius 1 is 0.688 bits per heavy atom. The van der Waals surface area contributed by atoms with Gasteiger partial charge in [-0.05, 0) is 36.0 Å². The SMILES string of the molecule is CCCC(CCC(C)C(C)C)C(C)C(C)C. The van der Waals surface area contributed by atoms with Gasteiger partial charge in [-0.3, -0.25) is 0 Å². The largest absolute Gasteiger partial charge is 0.0654 e. The van der Waals surface area contributed by atoms with Gasteiger partial charge in [-0.2, -0.15) is 0 Å². The van der Waals surface area contributed by atoms with Gasteiger partial charge in [0.25, 0.3) is 0 Å². The topological polar surface area (TPSA) is 0 Å². The molecular formula is C16H34. The van der Waals surface area contributed by atoms with Crippen LogP contribution in [0.1, 0.15) is 74.1 Å². The van der Waals surface area contributed by atoms with E-state index in [9.17, 15) is 0 Å². The molecule has 0 heterocycles. The highest BCUT2D eigenvalue weighted by molar-refractivity contribution is 4.71. The van der Waals surface area contributed by atoms with Crippen LogP contribution in [0.4, 0.5) is 0 Å². The highest BCUT2D eigenvalue weighted by Crippen LogP contribution is 2.30. The van der Waals surface area contributed by atoms with Crippen LogP contribution in [-0.4, -0.2) is 0 Å². The van der Waals surface area contributed by atoms with Gasteiger partial charge in [0.05, 0.1) is 0 Å². The Balaban J connectivity index is 4.12. The molecular weight excluding hydrogens is 192 g/mol. The normalized spacial score (nSPS) is 17.8. The Bertz CT molecular complexity index is 157. The third-order valence-electron chi connectivity index (χ3n) is 4.59. The summed E-state index contributed by atoms with van der Waals surface area (Å²) in [5.74, 6) is 4.41. The first-order valence-electron chi connectivity index (χ1n) is 7.40. The van der Waals surface area contributed by atoms with Gasteiger partial charge in [0.2, 0.25) is 0 Å². The molecule has 0 saturated heterocycles. The highest BCUT2D eigenvalue weighted by atomic mass is 14.3. The third-order valence-corrected chi connectivity index (χ3v) is 4.59. The first-order chi connectivity index (χ1) is 7.40. The summed E-state index contributed by atoms with van der Waals surface area (Å²) in [5, 5.41) is 0. The minimum Gasteiger partial charge on any atom is -0.0654 e. The smallest absolute Gasteiger partial charge is 0.0386 e. The van der Waals surface area contributed by atoms with Gasteiger partial charge in [-0.1, -0.05) is 67.7 Å². The van der Waals surface area contributed by atoms with Crippen molar-refractivity contribution in [3.05, 3.63) is 0 Å². The fraction of sp³-hybridized carbons (Fsp3) is 1.00. The Morgan fingerprint density at radius 3 is 1.62 bits per heavy atom. The number of hydrogen-bond donors (Lipinski definition) is 0. The van der Waals surface area contributed by atoms with Crippen molar-refractivity contribution in [1.29, 1.82) is 0 Å². The van der Waals surface area contributed by atoms with Crippen molar-refractivity contribution in [3.8, 4) is 0 Å². The van der Waals surface area contributed by atoms with Crippen molar-refractivity contribution in [2.75, 3.05) is 0 Å². The molecule has 3 unspecified atom stereocenters. The van der Waals surface area contributed by atoms with Crippen LogP contribution in [0.3, 0.4) is 0 Å². The molecule has 0 fully saturated rings. The van der Waals surface area contributed by atoms with Crippen LogP contribution in [0.15, 0.2) is 0 Å². The second-order valence-electron chi connectivity index (χ2n) is 6.45. The van der Waals surface area contributed by atoms with Crippen molar-refractivity contribution < 1.29 is 0 Å². The van der Waals surface area contributed by atoms with Crippen LogP contribution in [0.2, 0.25) is 0 Å². The van der Waals surface area contributed by atoms with E-state index in [-0.39, 0.29) is 0 Å². The Labute approximate surface area is 104 Å². The van der Waals surface area contributed by atoms with Crippen LogP contribution in [0.5, 0.6) is 0 Å². The maximum absolute atomic E-state index is 2.45. The number of hydrogen-bond acceptors (Lipinski definition) is 0. The molecule has 0 aromatic rings. The molecule has 0 saturated carbocycles. The summed E-state index contributed by atoms with van der Waals surface area (Å²) in [6, 6.07) is 0. The lowest BCUT2D eigenvalue weighted by atomic mass is 9.77. The summed E-state index contributed by atoms with van der Waals surface area (Å²) in [4.78, 5) is 0. The maximum Gasteiger partial charge on any atom is -0.0386 e. The van der Waals surface area contributed by atoms with Gasteiger partial charge >= 0.3 is 0 Å².